The van der Waals surface area contributed by atoms with Crippen molar-refractivity contribution in [3.63, 3.8) is 0 Å². The standard InChI is InChI=1S/C25H29FN2O4S/c1-32-23-13-7-19(18-24(23)33(30,31)27-15-3-2-4-16-27)8-14-25(29)28-17-5-6-22(28)20-9-11-21(26)12-10-20/h7-14,18,22H,2-6,15-17H2,1H3/b14-8+. The SMILES string of the molecule is COc1ccc(/C=C/C(=O)N2CCCC2c2ccc(F)cc2)cc1S(=O)(=O)N1CCCCC1. The van der Waals surface area contributed by atoms with Crippen molar-refractivity contribution in [2.45, 2.75) is 43.0 Å². The second-order valence-corrected chi connectivity index (χ2v) is 10.4. The zero-order chi connectivity index (χ0) is 23.4. The van der Waals surface area contributed by atoms with Gasteiger partial charge in [0.15, 0.2) is 0 Å². The van der Waals surface area contributed by atoms with Crippen molar-refractivity contribution in [2.75, 3.05) is 26.7 Å². The number of carbonyl (C=O) groups excluding carboxylic acids is 1. The summed E-state index contributed by atoms with van der Waals surface area (Å²) in [6, 6.07) is 11.1. The van der Waals surface area contributed by atoms with Crippen molar-refractivity contribution < 1.29 is 22.3 Å². The number of nitrogens with zero attached hydrogens (tertiary/aromatic N) is 2. The first-order valence-electron chi connectivity index (χ1n) is 11.3. The van der Waals surface area contributed by atoms with E-state index in [0.717, 1.165) is 37.7 Å². The van der Waals surface area contributed by atoms with E-state index in [1.807, 2.05) is 0 Å². The molecule has 1 atom stereocenters. The molecule has 0 aromatic heterocycles. The van der Waals surface area contributed by atoms with E-state index in [1.165, 1.54) is 29.6 Å². The Labute approximate surface area is 194 Å². The first-order valence-corrected chi connectivity index (χ1v) is 12.8. The highest BCUT2D eigenvalue weighted by Crippen LogP contribution is 2.33. The largest absolute Gasteiger partial charge is 0.495 e. The van der Waals surface area contributed by atoms with Crippen molar-refractivity contribution in [1.29, 1.82) is 0 Å². The van der Waals surface area contributed by atoms with Crippen molar-refractivity contribution in [3.05, 3.63) is 65.5 Å². The molecule has 4 rings (SSSR count). The molecule has 2 aromatic rings. The number of hydrogen-bond donors (Lipinski definition) is 0. The highest BCUT2D eigenvalue weighted by Gasteiger charge is 2.30. The maximum Gasteiger partial charge on any atom is 0.247 e. The molecule has 1 amide bonds. The van der Waals surface area contributed by atoms with Crippen LogP contribution in [0.1, 0.15) is 49.3 Å². The second-order valence-electron chi connectivity index (χ2n) is 8.45. The molecule has 2 fully saturated rings. The predicted octanol–water partition coefficient (Wildman–Crippen LogP) is 4.39. The summed E-state index contributed by atoms with van der Waals surface area (Å²) >= 11 is 0. The van der Waals surface area contributed by atoms with Crippen molar-refractivity contribution >= 4 is 22.0 Å². The van der Waals surface area contributed by atoms with Gasteiger partial charge in [-0.05, 0) is 67.2 Å². The molecule has 2 aliphatic heterocycles. The van der Waals surface area contributed by atoms with Gasteiger partial charge in [0.1, 0.15) is 16.5 Å². The number of halogens is 1. The lowest BCUT2D eigenvalue weighted by Gasteiger charge is -2.26. The molecule has 176 valence electrons. The fourth-order valence-electron chi connectivity index (χ4n) is 4.57. The molecule has 2 heterocycles. The van der Waals surface area contributed by atoms with Gasteiger partial charge in [-0.25, -0.2) is 12.8 Å². The summed E-state index contributed by atoms with van der Waals surface area (Å²) in [6.45, 7) is 1.63. The number of methoxy groups -OCH3 is 1. The van der Waals surface area contributed by atoms with E-state index < -0.39 is 10.0 Å². The average Bonchev–Trinajstić information content (AvgIpc) is 3.33. The monoisotopic (exact) mass is 472 g/mol. The number of hydrogen-bond acceptors (Lipinski definition) is 4. The Kier molecular flexibility index (Phi) is 7.14. The van der Waals surface area contributed by atoms with E-state index in [-0.39, 0.29) is 22.7 Å². The molecule has 0 aliphatic carbocycles. The maximum absolute atomic E-state index is 13.3. The summed E-state index contributed by atoms with van der Waals surface area (Å²) in [5, 5.41) is 0. The van der Waals surface area contributed by atoms with E-state index in [9.17, 15) is 17.6 Å². The molecule has 2 aliphatic rings. The molecule has 2 aromatic carbocycles. The number of benzene rings is 2. The number of carbonyl (C=O) groups is 1. The van der Waals surface area contributed by atoms with Crippen LogP contribution in [0.15, 0.2) is 53.4 Å². The Morgan fingerprint density at radius 3 is 2.45 bits per heavy atom. The van der Waals surface area contributed by atoms with Crippen LogP contribution in [0.5, 0.6) is 5.75 Å². The Morgan fingerprint density at radius 1 is 1.03 bits per heavy atom. The number of sulfonamides is 1. The summed E-state index contributed by atoms with van der Waals surface area (Å²) < 4.78 is 46.5. The van der Waals surface area contributed by atoms with Gasteiger partial charge in [-0.3, -0.25) is 4.79 Å². The summed E-state index contributed by atoms with van der Waals surface area (Å²) in [5.74, 6) is -0.164. The molecule has 0 spiro atoms. The van der Waals surface area contributed by atoms with E-state index in [2.05, 4.69) is 0 Å². The first-order chi connectivity index (χ1) is 15.9. The highest BCUT2D eigenvalue weighted by atomic mass is 32.2. The van der Waals surface area contributed by atoms with Gasteiger partial charge in [0.25, 0.3) is 0 Å². The van der Waals surface area contributed by atoms with Gasteiger partial charge in [-0.1, -0.05) is 24.6 Å². The van der Waals surface area contributed by atoms with Crippen LogP contribution in [0.25, 0.3) is 6.08 Å². The molecule has 8 heteroatoms. The number of rotatable bonds is 6. The second kappa shape index (κ2) is 10.1. The van der Waals surface area contributed by atoms with Crippen LogP contribution in [0, 0.1) is 5.82 Å². The van der Waals surface area contributed by atoms with Gasteiger partial charge in [0.2, 0.25) is 15.9 Å². The highest BCUT2D eigenvalue weighted by molar-refractivity contribution is 7.89. The van der Waals surface area contributed by atoms with Crippen LogP contribution in [0.4, 0.5) is 4.39 Å². The molecule has 1 unspecified atom stereocenters. The fourth-order valence-corrected chi connectivity index (χ4v) is 6.28. The molecule has 0 N–H and O–H groups in total. The van der Waals surface area contributed by atoms with E-state index >= 15 is 0 Å². The quantitative estimate of drug-likeness (QED) is 0.585. The van der Waals surface area contributed by atoms with Crippen LogP contribution in [-0.2, 0) is 14.8 Å². The molecule has 0 bridgehead atoms. The van der Waals surface area contributed by atoms with Gasteiger partial charge in [-0.2, -0.15) is 4.31 Å². The molecule has 0 radical (unpaired) electrons. The van der Waals surface area contributed by atoms with E-state index in [1.54, 1.807) is 41.3 Å². The maximum atomic E-state index is 13.3. The Balaban J connectivity index is 1.54. The van der Waals surface area contributed by atoms with Crippen LogP contribution >= 0.6 is 0 Å². The summed E-state index contributed by atoms with van der Waals surface area (Å²) in [4.78, 5) is 14.8. The minimum absolute atomic E-state index is 0.0892. The smallest absolute Gasteiger partial charge is 0.247 e. The fraction of sp³-hybridized carbons (Fsp3) is 0.400. The summed E-state index contributed by atoms with van der Waals surface area (Å²) in [7, 11) is -2.23. The number of likely N-dealkylation sites (tertiary alicyclic amines) is 1. The number of piperidine rings is 1. The zero-order valence-corrected chi connectivity index (χ0v) is 19.6. The molecule has 0 saturated carbocycles. The zero-order valence-electron chi connectivity index (χ0n) is 18.7. The Hall–Kier alpha value is -2.71. The third-order valence-electron chi connectivity index (χ3n) is 6.33. The van der Waals surface area contributed by atoms with Gasteiger partial charge in [0.05, 0.1) is 13.2 Å². The predicted molar refractivity (Wildman–Crippen MR) is 125 cm³/mol. The van der Waals surface area contributed by atoms with Gasteiger partial charge in [-0.15, -0.1) is 0 Å². The topological polar surface area (TPSA) is 66.9 Å². The van der Waals surface area contributed by atoms with Crippen LogP contribution < -0.4 is 4.74 Å². The van der Waals surface area contributed by atoms with E-state index in [4.69, 9.17) is 4.74 Å². The molecule has 33 heavy (non-hydrogen) atoms. The molecular formula is C25H29FN2O4S. The van der Waals surface area contributed by atoms with Crippen LogP contribution in [0.2, 0.25) is 0 Å². The van der Waals surface area contributed by atoms with Crippen molar-refractivity contribution in [3.8, 4) is 5.75 Å². The molecular weight excluding hydrogens is 443 g/mol. The first kappa shape index (κ1) is 23.4. The van der Waals surface area contributed by atoms with Crippen molar-refractivity contribution in [2.24, 2.45) is 0 Å². The molecule has 2 saturated heterocycles. The third kappa shape index (κ3) is 5.12. The summed E-state index contributed by atoms with van der Waals surface area (Å²) in [6.07, 6.45) is 7.54. The number of amides is 1. The van der Waals surface area contributed by atoms with Crippen LogP contribution in [0.3, 0.4) is 0 Å². The van der Waals surface area contributed by atoms with Gasteiger partial charge >= 0.3 is 0 Å². The van der Waals surface area contributed by atoms with E-state index in [0.29, 0.717) is 30.9 Å². The van der Waals surface area contributed by atoms with Gasteiger partial charge < -0.3 is 9.64 Å². The lowest BCUT2D eigenvalue weighted by molar-refractivity contribution is -0.126. The van der Waals surface area contributed by atoms with Crippen molar-refractivity contribution in [1.82, 2.24) is 9.21 Å². The Morgan fingerprint density at radius 2 is 1.76 bits per heavy atom. The summed E-state index contributed by atoms with van der Waals surface area (Å²) in [5.41, 5.74) is 1.52. The normalized spacial score (nSPS) is 19.8. The van der Waals surface area contributed by atoms with Gasteiger partial charge in [0, 0.05) is 25.7 Å². The average molecular weight is 473 g/mol. The van der Waals surface area contributed by atoms with Crippen LogP contribution in [-0.4, -0.2) is 50.3 Å². The lowest BCUT2D eigenvalue weighted by atomic mass is 10.0. The minimum atomic E-state index is -3.68. The Bertz CT molecular complexity index is 1130. The minimum Gasteiger partial charge on any atom is -0.495 e. The molecule has 6 nitrogen and oxygen atoms in total. The third-order valence-corrected chi connectivity index (χ3v) is 8.25. The lowest BCUT2D eigenvalue weighted by Crippen LogP contribution is -2.35. The number of ether oxygens (including phenoxy) is 1.